The van der Waals surface area contributed by atoms with Crippen LogP contribution in [0.2, 0.25) is 0 Å². The van der Waals surface area contributed by atoms with Gasteiger partial charge in [-0.1, -0.05) is 62.0 Å². The quantitative estimate of drug-likeness (QED) is 0.336. The second-order valence-electron chi connectivity index (χ2n) is 8.60. The van der Waals surface area contributed by atoms with E-state index in [4.69, 9.17) is 4.74 Å². The van der Waals surface area contributed by atoms with Gasteiger partial charge in [0, 0.05) is 29.9 Å². The number of benzene rings is 2. The standard InChI is InChI=1S/C28H29N5O2S/c1-3-19-9-7-10-20(4-2)26(19)33-27(21-11-8-15-29-17-21)31-32-28(33)36-18-25(34)30-23-14-16-35-24-13-6-5-12-22(23)24/h5-13,15,17,23H,3-4,14,16,18H2,1-2H3,(H,30,34). The summed E-state index contributed by atoms with van der Waals surface area (Å²) in [4.78, 5) is 17.3. The first-order valence-corrected chi connectivity index (χ1v) is 13.3. The van der Waals surface area contributed by atoms with E-state index in [-0.39, 0.29) is 17.7 Å². The summed E-state index contributed by atoms with van der Waals surface area (Å²) in [5.41, 5.74) is 5.42. The maximum atomic E-state index is 13.0. The summed E-state index contributed by atoms with van der Waals surface area (Å²) >= 11 is 1.40. The highest BCUT2D eigenvalue weighted by atomic mass is 32.2. The fraction of sp³-hybridized carbons (Fsp3) is 0.286. The molecule has 1 aliphatic heterocycles. The van der Waals surface area contributed by atoms with Gasteiger partial charge in [0.1, 0.15) is 5.75 Å². The molecular weight excluding hydrogens is 470 g/mol. The molecule has 0 saturated carbocycles. The lowest BCUT2D eigenvalue weighted by molar-refractivity contribution is -0.119. The van der Waals surface area contributed by atoms with Crippen molar-refractivity contribution in [2.45, 2.75) is 44.3 Å². The molecule has 3 heterocycles. The van der Waals surface area contributed by atoms with E-state index in [0.717, 1.165) is 47.7 Å². The van der Waals surface area contributed by atoms with Gasteiger partial charge in [0.15, 0.2) is 11.0 Å². The molecule has 1 N–H and O–H groups in total. The third-order valence-corrected chi connectivity index (χ3v) is 7.30. The Labute approximate surface area is 215 Å². The molecule has 5 rings (SSSR count). The molecule has 0 saturated heterocycles. The highest BCUT2D eigenvalue weighted by Crippen LogP contribution is 2.33. The van der Waals surface area contributed by atoms with Crippen LogP contribution in [-0.2, 0) is 17.6 Å². The van der Waals surface area contributed by atoms with E-state index in [2.05, 4.69) is 57.1 Å². The topological polar surface area (TPSA) is 81.9 Å². The molecule has 4 aromatic rings. The van der Waals surface area contributed by atoms with Gasteiger partial charge in [-0.2, -0.15) is 0 Å². The number of fused-ring (bicyclic) bond motifs is 1. The van der Waals surface area contributed by atoms with E-state index in [1.807, 2.05) is 36.4 Å². The summed E-state index contributed by atoms with van der Waals surface area (Å²) in [5, 5.41) is 12.9. The minimum atomic E-state index is -0.0561. The molecule has 7 nitrogen and oxygen atoms in total. The van der Waals surface area contributed by atoms with Crippen molar-refractivity contribution in [1.29, 1.82) is 0 Å². The fourth-order valence-corrected chi connectivity index (χ4v) is 5.36. The number of nitrogens with one attached hydrogen (secondary N) is 1. The zero-order valence-corrected chi connectivity index (χ0v) is 21.3. The lowest BCUT2D eigenvalue weighted by Gasteiger charge is -2.26. The normalized spacial score (nSPS) is 14.7. The number of thioether (sulfide) groups is 1. The van der Waals surface area contributed by atoms with Crippen LogP contribution >= 0.6 is 11.8 Å². The van der Waals surface area contributed by atoms with E-state index >= 15 is 0 Å². The number of carbonyl (C=O) groups is 1. The third kappa shape index (κ3) is 4.86. The monoisotopic (exact) mass is 499 g/mol. The number of nitrogens with zero attached hydrogens (tertiary/aromatic N) is 4. The van der Waals surface area contributed by atoms with Gasteiger partial charge < -0.3 is 10.1 Å². The Kier molecular flexibility index (Phi) is 7.32. The Morgan fingerprint density at radius 3 is 2.61 bits per heavy atom. The Balaban J connectivity index is 1.44. The fourth-order valence-electron chi connectivity index (χ4n) is 4.61. The molecule has 1 aliphatic rings. The number of aromatic nitrogens is 4. The molecule has 0 bridgehead atoms. The first-order chi connectivity index (χ1) is 17.7. The molecule has 2 aromatic carbocycles. The zero-order valence-electron chi connectivity index (χ0n) is 20.5. The van der Waals surface area contributed by atoms with Crippen molar-refractivity contribution < 1.29 is 9.53 Å². The van der Waals surface area contributed by atoms with Crippen LogP contribution in [0.15, 0.2) is 72.1 Å². The number of rotatable bonds is 8. The van der Waals surface area contributed by atoms with Crippen molar-refractivity contribution in [2.75, 3.05) is 12.4 Å². The third-order valence-electron chi connectivity index (χ3n) is 6.37. The van der Waals surface area contributed by atoms with Crippen LogP contribution in [0.25, 0.3) is 17.1 Å². The molecule has 1 unspecified atom stereocenters. The van der Waals surface area contributed by atoms with Gasteiger partial charge in [0.05, 0.1) is 24.1 Å². The minimum Gasteiger partial charge on any atom is -0.493 e. The largest absolute Gasteiger partial charge is 0.493 e. The maximum absolute atomic E-state index is 13.0. The van der Waals surface area contributed by atoms with E-state index < -0.39 is 0 Å². The van der Waals surface area contributed by atoms with Crippen molar-refractivity contribution in [2.24, 2.45) is 0 Å². The molecular formula is C28H29N5O2S. The molecule has 36 heavy (non-hydrogen) atoms. The average molecular weight is 500 g/mol. The second-order valence-corrected chi connectivity index (χ2v) is 9.54. The van der Waals surface area contributed by atoms with Crippen LogP contribution < -0.4 is 10.1 Å². The number of hydrogen-bond donors (Lipinski definition) is 1. The average Bonchev–Trinajstić information content (AvgIpc) is 3.35. The summed E-state index contributed by atoms with van der Waals surface area (Å²) in [7, 11) is 0. The van der Waals surface area contributed by atoms with Crippen LogP contribution in [0, 0.1) is 0 Å². The van der Waals surface area contributed by atoms with Crippen molar-refractivity contribution >= 4 is 17.7 Å². The molecule has 0 fully saturated rings. The Morgan fingerprint density at radius 2 is 1.86 bits per heavy atom. The molecule has 0 radical (unpaired) electrons. The van der Waals surface area contributed by atoms with Gasteiger partial charge in [-0.25, -0.2) is 0 Å². The number of pyridine rings is 1. The Morgan fingerprint density at radius 1 is 1.06 bits per heavy atom. The first kappa shape index (κ1) is 24.1. The summed E-state index contributed by atoms with van der Waals surface area (Å²) in [6.07, 6.45) is 6.04. The van der Waals surface area contributed by atoms with E-state index in [1.165, 1.54) is 22.9 Å². The summed E-state index contributed by atoms with van der Waals surface area (Å²) in [6.45, 7) is 4.89. The van der Waals surface area contributed by atoms with Gasteiger partial charge in [-0.15, -0.1) is 10.2 Å². The molecule has 0 aliphatic carbocycles. The summed E-state index contributed by atoms with van der Waals surface area (Å²) in [5.74, 6) is 1.75. The first-order valence-electron chi connectivity index (χ1n) is 12.3. The highest BCUT2D eigenvalue weighted by Gasteiger charge is 2.24. The highest BCUT2D eigenvalue weighted by molar-refractivity contribution is 7.99. The molecule has 1 amide bonds. The molecule has 0 spiro atoms. The molecule has 1 atom stereocenters. The number of hydrogen-bond acceptors (Lipinski definition) is 6. The summed E-state index contributed by atoms with van der Waals surface area (Å²) < 4.78 is 7.83. The smallest absolute Gasteiger partial charge is 0.230 e. The van der Waals surface area contributed by atoms with Crippen molar-refractivity contribution in [3.05, 3.63) is 83.7 Å². The lowest BCUT2D eigenvalue weighted by Crippen LogP contribution is -2.33. The zero-order chi connectivity index (χ0) is 24.9. The van der Waals surface area contributed by atoms with E-state index in [0.29, 0.717) is 11.8 Å². The van der Waals surface area contributed by atoms with Crippen molar-refractivity contribution in [3.8, 4) is 22.8 Å². The second kappa shape index (κ2) is 11.0. The van der Waals surface area contributed by atoms with Crippen LogP contribution in [0.4, 0.5) is 0 Å². The number of amides is 1. The van der Waals surface area contributed by atoms with Crippen molar-refractivity contribution in [3.63, 3.8) is 0 Å². The summed E-state index contributed by atoms with van der Waals surface area (Å²) in [6, 6.07) is 18.1. The van der Waals surface area contributed by atoms with Gasteiger partial charge >= 0.3 is 0 Å². The number of para-hydroxylation sites is 2. The number of aryl methyl sites for hydroxylation is 2. The predicted octanol–water partition coefficient (Wildman–Crippen LogP) is 5.19. The van der Waals surface area contributed by atoms with Crippen LogP contribution in [-0.4, -0.2) is 38.0 Å². The molecule has 2 aromatic heterocycles. The lowest BCUT2D eigenvalue weighted by atomic mass is 10.0. The Bertz CT molecular complexity index is 1330. The van der Waals surface area contributed by atoms with Crippen LogP contribution in [0.5, 0.6) is 5.75 Å². The van der Waals surface area contributed by atoms with Gasteiger partial charge in [0.2, 0.25) is 5.91 Å². The number of carbonyl (C=O) groups excluding carboxylic acids is 1. The predicted molar refractivity (Wildman–Crippen MR) is 142 cm³/mol. The van der Waals surface area contributed by atoms with Crippen LogP contribution in [0.1, 0.15) is 43.0 Å². The number of ether oxygens (including phenoxy) is 1. The van der Waals surface area contributed by atoms with Gasteiger partial charge in [-0.05, 0) is 42.2 Å². The molecule has 184 valence electrons. The van der Waals surface area contributed by atoms with Crippen LogP contribution in [0.3, 0.4) is 0 Å². The molecule has 8 heteroatoms. The van der Waals surface area contributed by atoms with Gasteiger partial charge in [-0.3, -0.25) is 14.3 Å². The van der Waals surface area contributed by atoms with Crippen molar-refractivity contribution in [1.82, 2.24) is 25.1 Å². The minimum absolute atomic E-state index is 0.0429. The van der Waals surface area contributed by atoms with Gasteiger partial charge in [0.25, 0.3) is 0 Å². The maximum Gasteiger partial charge on any atom is 0.230 e. The van der Waals surface area contributed by atoms with E-state index in [9.17, 15) is 4.79 Å². The van der Waals surface area contributed by atoms with E-state index in [1.54, 1.807) is 12.4 Å². The Hall–Kier alpha value is -3.65. The SMILES string of the molecule is CCc1cccc(CC)c1-n1c(SCC(=O)NC2CCOc3ccccc32)nnc1-c1cccnc1.